The Morgan fingerprint density at radius 1 is 1.08 bits per heavy atom. The van der Waals surface area contributed by atoms with Gasteiger partial charge >= 0.3 is 5.97 Å². The van der Waals surface area contributed by atoms with Crippen LogP contribution in [0.2, 0.25) is 0 Å². The first-order chi connectivity index (χ1) is 11.5. The van der Waals surface area contributed by atoms with Crippen molar-refractivity contribution in [3.8, 4) is 0 Å². The van der Waals surface area contributed by atoms with Gasteiger partial charge in [-0.2, -0.15) is 0 Å². The van der Waals surface area contributed by atoms with Crippen molar-refractivity contribution in [2.24, 2.45) is 0 Å². The molecule has 1 aromatic heterocycles. The van der Waals surface area contributed by atoms with Crippen molar-refractivity contribution in [1.29, 1.82) is 0 Å². The fourth-order valence-electron chi connectivity index (χ4n) is 2.73. The lowest BCUT2D eigenvalue weighted by atomic mass is 10.0. The number of carboxylic acid groups (broad SMARTS) is 1. The number of hydrogen-bond acceptors (Lipinski definition) is 2. The van der Waals surface area contributed by atoms with Crippen LogP contribution in [0.1, 0.15) is 41.3 Å². The summed E-state index contributed by atoms with van der Waals surface area (Å²) in [6.45, 7) is 4.62. The zero-order valence-corrected chi connectivity index (χ0v) is 13.7. The summed E-state index contributed by atoms with van der Waals surface area (Å²) in [6.07, 6.45) is 1.78. The first-order valence-electron chi connectivity index (χ1n) is 7.91. The van der Waals surface area contributed by atoms with Crippen LogP contribution < -0.4 is 5.56 Å². The number of aromatic carboxylic acids is 1. The summed E-state index contributed by atoms with van der Waals surface area (Å²) in [5.41, 5.74) is 2.24. The third-order valence-corrected chi connectivity index (χ3v) is 4.22. The molecule has 1 heterocycles. The van der Waals surface area contributed by atoms with Gasteiger partial charge in [0, 0.05) is 11.6 Å². The van der Waals surface area contributed by atoms with E-state index < -0.39 is 5.97 Å². The number of aromatic nitrogens is 1. The Bertz CT molecular complexity index is 953. The highest BCUT2D eigenvalue weighted by atomic mass is 16.4. The number of benzene rings is 2. The molecule has 0 atom stereocenters. The van der Waals surface area contributed by atoms with Crippen molar-refractivity contribution in [1.82, 2.24) is 4.57 Å². The van der Waals surface area contributed by atoms with Crippen molar-refractivity contribution < 1.29 is 9.90 Å². The molecule has 3 rings (SSSR count). The molecule has 0 spiro atoms. The van der Waals surface area contributed by atoms with Crippen LogP contribution in [0.3, 0.4) is 0 Å². The molecule has 4 heteroatoms. The highest BCUT2D eigenvalue weighted by Crippen LogP contribution is 2.19. The maximum atomic E-state index is 12.8. The molecule has 1 N–H and O–H groups in total. The van der Waals surface area contributed by atoms with E-state index in [0.29, 0.717) is 17.8 Å². The van der Waals surface area contributed by atoms with E-state index in [2.05, 4.69) is 19.9 Å². The number of pyridine rings is 1. The summed E-state index contributed by atoms with van der Waals surface area (Å²) in [5.74, 6) is -0.586. The Balaban J connectivity index is 1.99. The van der Waals surface area contributed by atoms with Gasteiger partial charge in [-0.3, -0.25) is 4.79 Å². The van der Waals surface area contributed by atoms with E-state index in [1.165, 1.54) is 0 Å². The van der Waals surface area contributed by atoms with Crippen molar-refractivity contribution in [3.05, 3.63) is 81.8 Å². The molecule has 2 aromatic carbocycles. The van der Waals surface area contributed by atoms with Crippen LogP contribution in [0, 0.1) is 0 Å². The third kappa shape index (κ3) is 3.08. The second-order valence-electron chi connectivity index (χ2n) is 6.25. The minimum atomic E-state index is -0.953. The van der Waals surface area contributed by atoms with Gasteiger partial charge < -0.3 is 9.67 Å². The Labute approximate surface area is 140 Å². The standard InChI is InChI=1S/C20H19NO3/c1-13(2)17-8-7-15-9-10-21(19(22)18(15)11-17)12-14-3-5-16(6-4-14)20(23)24/h3-11,13H,12H2,1-2H3,(H,23,24). The molecule has 0 amide bonds. The van der Waals surface area contributed by atoms with Crippen LogP contribution in [-0.4, -0.2) is 15.6 Å². The van der Waals surface area contributed by atoms with Crippen LogP contribution in [0.15, 0.2) is 59.5 Å². The molecule has 0 aliphatic carbocycles. The molecule has 3 aromatic rings. The Morgan fingerprint density at radius 3 is 2.42 bits per heavy atom. The number of rotatable bonds is 4. The average Bonchev–Trinajstić information content (AvgIpc) is 2.57. The van der Waals surface area contributed by atoms with Crippen molar-refractivity contribution in [3.63, 3.8) is 0 Å². The lowest BCUT2D eigenvalue weighted by Gasteiger charge is -2.10. The molecule has 0 radical (unpaired) electrons. The Hall–Kier alpha value is -2.88. The topological polar surface area (TPSA) is 59.3 Å². The van der Waals surface area contributed by atoms with Gasteiger partial charge in [-0.05, 0) is 46.7 Å². The van der Waals surface area contributed by atoms with Crippen molar-refractivity contribution >= 4 is 16.7 Å². The van der Waals surface area contributed by atoms with E-state index in [4.69, 9.17) is 5.11 Å². The zero-order chi connectivity index (χ0) is 17.3. The van der Waals surface area contributed by atoms with E-state index >= 15 is 0 Å². The van der Waals surface area contributed by atoms with Crippen molar-refractivity contribution in [2.75, 3.05) is 0 Å². The highest BCUT2D eigenvalue weighted by molar-refractivity contribution is 5.87. The fraction of sp³-hybridized carbons (Fsp3) is 0.200. The van der Waals surface area contributed by atoms with Gasteiger partial charge in [-0.15, -0.1) is 0 Å². The molecule has 0 fully saturated rings. The lowest BCUT2D eigenvalue weighted by Crippen LogP contribution is -2.20. The monoisotopic (exact) mass is 321 g/mol. The van der Waals surface area contributed by atoms with Crippen LogP contribution in [-0.2, 0) is 6.54 Å². The van der Waals surface area contributed by atoms with Gasteiger partial charge in [0.15, 0.2) is 0 Å². The molecule has 24 heavy (non-hydrogen) atoms. The number of nitrogens with zero attached hydrogens (tertiary/aromatic N) is 1. The van der Waals surface area contributed by atoms with Crippen molar-refractivity contribution in [2.45, 2.75) is 26.3 Å². The van der Waals surface area contributed by atoms with Crippen LogP contribution in [0.4, 0.5) is 0 Å². The maximum Gasteiger partial charge on any atom is 0.335 e. The quantitative estimate of drug-likeness (QED) is 0.793. The fourth-order valence-corrected chi connectivity index (χ4v) is 2.73. The number of fused-ring (bicyclic) bond motifs is 1. The molecular weight excluding hydrogens is 302 g/mol. The summed E-state index contributed by atoms with van der Waals surface area (Å²) in [5, 5.41) is 10.6. The van der Waals surface area contributed by atoms with Gasteiger partial charge in [0.1, 0.15) is 0 Å². The number of hydrogen-bond donors (Lipinski definition) is 1. The van der Waals surface area contributed by atoms with E-state index in [-0.39, 0.29) is 11.1 Å². The number of carboxylic acids is 1. The normalized spacial score (nSPS) is 11.1. The first kappa shape index (κ1) is 16.0. The molecule has 0 bridgehead atoms. The molecule has 0 unspecified atom stereocenters. The SMILES string of the molecule is CC(C)c1ccc2ccn(Cc3ccc(C(=O)O)cc3)c(=O)c2c1. The van der Waals surface area contributed by atoms with Crippen LogP contribution >= 0.6 is 0 Å². The zero-order valence-electron chi connectivity index (χ0n) is 13.7. The molecule has 4 nitrogen and oxygen atoms in total. The second-order valence-corrected chi connectivity index (χ2v) is 6.25. The smallest absolute Gasteiger partial charge is 0.335 e. The summed E-state index contributed by atoms with van der Waals surface area (Å²) < 4.78 is 1.65. The Morgan fingerprint density at radius 2 is 1.79 bits per heavy atom. The lowest BCUT2D eigenvalue weighted by molar-refractivity contribution is 0.0697. The molecule has 0 saturated heterocycles. The van der Waals surface area contributed by atoms with Crippen LogP contribution in [0.25, 0.3) is 10.8 Å². The summed E-state index contributed by atoms with van der Waals surface area (Å²) >= 11 is 0. The minimum absolute atomic E-state index is 0.0303. The maximum absolute atomic E-state index is 12.8. The Kier molecular flexibility index (Phi) is 4.21. The molecule has 0 saturated carbocycles. The molecular formula is C20H19NO3. The average molecular weight is 321 g/mol. The van der Waals surface area contributed by atoms with Gasteiger partial charge in [-0.1, -0.05) is 38.1 Å². The van der Waals surface area contributed by atoms with Gasteiger partial charge in [-0.25, -0.2) is 4.79 Å². The van der Waals surface area contributed by atoms with Gasteiger partial charge in [0.05, 0.1) is 12.1 Å². The molecule has 0 aliphatic rings. The van der Waals surface area contributed by atoms with E-state index in [0.717, 1.165) is 16.5 Å². The second kappa shape index (κ2) is 6.32. The number of carbonyl (C=O) groups is 1. The summed E-state index contributed by atoms with van der Waals surface area (Å²) in [6, 6.07) is 14.5. The predicted octanol–water partition coefficient (Wildman–Crippen LogP) is 3.87. The van der Waals surface area contributed by atoms with Gasteiger partial charge in [0.2, 0.25) is 0 Å². The molecule has 122 valence electrons. The third-order valence-electron chi connectivity index (χ3n) is 4.22. The van der Waals surface area contributed by atoms with Gasteiger partial charge in [0.25, 0.3) is 5.56 Å². The largest absolute Gasteiger partial charge is 0.478 e. The molecule has 0 aliphatic heterocycles. The van der Waals surface area contributed by atoms with E-state index in [9.17, 15) is 9.59 Å². The first-order valence-corrected chi connectivity index (χ1v) is 7.91. The highest BCUT2D eigenvalue weighted by Gasteiger charge is 2.07. The van der Waals surface area contributed by atoms with E-state index in [1.54, 1.807) is 35.0 Å². The van der Waals surface area contributed by atoms with E-state index in [1.807, 2.05) is 18.2 Å². The van der Waals surface area contributed by atoms with Crippen LogP contribution in [0.5, 0.6) is 0 Å². The summed E-state index contributed by atoms with van der Waals surface area (Å²) in [7, 11) is 0. The predicted molar refractivity (Wildman–Crippen MR) is 94.8 cm³/mol. The summed E-state index contributed by atoms with van der Waals surface area (Å²) in [4.78, 5) is 23.7. The minimum Gasteiger partial charge on any atom is -0.478 e.